The summed E-state index contributed by atoms with van der Waals surface area (Å²) in [5.74, 6) is 1.89. The predicted molar refractivity (Wildman–Crippen MR) is 101 cm³/mol. The van der Waals surface area contributed by atoms with Gasteiger partial charge in [-0.15, -0.1) is 11.8 Å². The third kappa shape index (κ3) is 4.14. The summed E-state index contributed by atoms with van der Waals surface area (Å²) in [5.41, 5.74) is 4.70. The van der Waals surface area contributed by atoms with E-state index in [1.54, 1.807) is 6.26 Å². The molecule has 3 aromatic rings. The number of hydrogen-bond acceptors (Lipinski definition) is 4. The van der Waals surface area contributed by atoms with Crippen molar-refractivity contribution in [2.75, 3.05) is 11.1 Å². The van der Waals surface area contributed by atoms with Crippen molar-refractivity contribution in [2.45, 2.75) is 26.5 Å². The van der Waals surface area contributed by atoms with Crippen LogP contribution in [0.1, 0.15) is 22.7 Å². The Morgan fingerprint density at radius 3 is 2.64 bits per heavy atom. The van der Waals surface area contributed by atoms with Gasteiger partial charge in [-0.25, -0.2) is 4.68 Å². The van der Waals surface area contributed by atoms with E-state index in [9.17, 15) is 4.79 Å². The molecule has 3 rings (SSSR count). The highest BCUT2D eigenvalue weighted by Gasteiger charge is 2.15. The van der Waals surface area contributed by atoms with Gasteiger partial charge in [-0.05, 0) is 45.0 Å². The lowest BCUT2D eigenvalue weighted by molar-refractivity contribution is -0.113. The highest BCUT2D eigenvalue weighted by atomic mass is 32.2. The van der Waals surface area contributed by atoms with Crippen LogP contribution in [0.2, 0.25) is 0 Å². The van der Waals surface area contributed by atoms with Crippen LogP contribution in [0.4, 0.5) is 5.69 Å². The molecule has 0 aliphatic heterocycles. The van der Waals surface area contributed by atoms with Gasteiger partial charge in [0.25, 0.3) is 0 Å². The number of nitrogens with zero attached hydrogens (tertiary/aromatic N) is 2. The van der Waals surface area contributed by atoms with E-state index in [2.05, 4.69) is 29.5 Å². The number of aromatic nitrogens is 2. The molecule has 0 atom stereocenters. The lowest BCUT2D eigenvalue weighted by Gasteiger charge is -2.07. The van der Waals surface area contributed by atoms with Gasteiger partial charge in [0.15, 0.2) is 0 Å². The van der Waals surface area contributed by atoms with Gasteiger partial charge in [0.05, 0.1) is 40.5 Å². The van der Waals surface area contributed by atoms with Crippen molar-refractivity contribution in [3.63, 3.8) is 0 Å². The molecule has 0 fully saturated rings. The first-order valence-corrected chi connectivity index (χ1v) is 9.23. The molecular weight excluding hydrogens is 334 g/mol. The van der Waals surface area contributed by atoms with Gasteiger partial charge in [-0.2, -0.15) is 5.10 Å². The van der Waals surface area contributed by atoms with E-state index >= 15 is 0 Å². The van der Waals surface area contributed by atoms with Crippen molar-refractivity contribution in [2.24, 2.45) is 0 Å². The average molecular weight is 355 g/mol. The molecule has 0 saturated heterocycles. The third-order valence-electron chi connectivity index (χ3n) is 3.89. The zero-order valence-corrected chi connectivity index (χ0v) is 15.4. The summed E-state index contributed by atoms with van der Waals surface area (Å²) in [6.45, 7) is 5.92. The number of benzene rings is 1. The SMILES string of the molecule is Cc1ccc(-n2nc(C)c(NC(=O)CSCc3ccco3)c2C)cc1. The van der Waals surface area contributed by atoms with E-state index in [0.29, 0.717) is 11.5 Å². The molecule has 1 amide bonds. The summed E-state index contributed by atoms with van der Waals surface area (Å²) in [5, 5.41) is 7.55. The molecule has 130 valence electrons. The molecule has 6 heteroatoms. The molecule has 0 aliphatic carbocycles. The number of hydrogen-bond donors (Lipinski definition) is 1. The fourth-order valence-corrected chi connectivity index (χ4v) is 3.30. The van der Waals surface area contributed by atoms with E-state index in [4.69, 9.17) is 4.42 Å². The van der Waals surface area contributed by atoms with Gasteiger partial charge in [-0.1, -0.05) is 17.7 Å². The Hall–Kier alpha value is -2.47. The summed E-state index contributed by atoms with van der Waals surface area (Å²) in [6.07, 6.45) is 1.64. The molecule has 0 spiro atoms. The molecular formula is C19H21N3O2S. The van der Waals surface area contributed by atoms with E-state index < -0.39 is 0 Å². The van der Waals surface area contributed by atoms with Crippen molar-refractivity contribution in [1.82, 2.24) is 9.78 Å². The Kier molecular flexibility index (Phi) is 5.28. The maximum Gasteiger partial charge on any atom is 0.234 e. The summed E-state index contributed by atoms with van der Waals surface area (Å²) < 4.78 is 7.13. The fraction of sp³-hybridized carbons (Fsp3) is 0.263. The van der Waals surface area contributed by atoms with Gasteiger partial charge in [0.2, 0.25) is 5.91 Å². The first kappa shape index (κ1) is 17.4. The standard InChI is InChI=1S/C19H21N3O2S/c1-13-6-8-16(9-7-13)22-15(3)19(14(2)21-22)20-18(23)12-25-11-17-5-4-10-24-17/h4-10H,11-12H2,1-3H3,(H,20,23). The topological polar surface area (TPSA) is 60.1 Å². The molecule has 25 heavy (non-hydrogen) atoms. The Balaban J connectivity index is 1.66. The van der Waals surface area contributed by atoms with E-state index in [0.717, 1.165) is 28.5 Å². The first-order chi connectivity index (χ1) is 12.0. The highest BCUT2D eigenvalue weighted by molar-refractivity contribution is 7.99. The molecule has 0 saturated carbocycles. The largest absolute Gasteiger partial charge is 0.468 e. The number of carbonyl (C=O) groups is 1. The van der Waals surface area contributed by atoms with Crippen molar-refractivity contribution >= 4 is 23.4 Å². The van der Waals surface area contributed by atoms with Crippen LogP contribution in [0.5, 0.6) is 0 Å². The average Bonchev–Trinajstić information content (AvgIpc) is 3.19. The zero-order chi connectivity index (χ0) is 17.8. The molecule has 0 aliphatic rings. The van der Waals surface area contributed by atoms with Gasteiger partial charge in [0.1, 0.15) is 5.76 Å². The first-order valence-electron chi connectivity index (χ1n) is 8.08. The second-order valence-electron chi connectivity index (χ2n) is 5.91. The summed E-state index contributed by atoms with van der Waals surface area (Å²) in [7, 11) is 0. The fourth-order valence-electron chi connectivity index (χ4n) is 2.58. The molecule has 1 aromatic carbocycles. The quantitative estimate of drug-likeness (QED) is 0.718. The second kappa shape index (κ2) is 7.61. The minimum Gasteiger partial charge on any atom is -0.468 e. The van der Waals surface area contributed by atoms with Crippen molar-refractivity contribution < 1.29 is 9.21 Å². The Bertz CT molecular complexity index is 852. The normalized spacial score (nSPS) is 10.8. The molecule has 5 nitrogen and oxygen atoms in total. The van der Waals surface area contributed by atoms with Crippen molar-refractivity contribution in [3.8, 4) is 5.69 Å². The van der Waals surface area contributed by atoms with Gasteiger partial charge in [-0.3, -0.25) is 4.79 Å². The van der Waals surface area contributed by atoms with Crippen LogP contribution >= 0.6 is 11.8 Å². The monoisotopic (exact) mass is 355 g/mol. The minimum absolute atomic E-state index is 0.0359. The highest BCUT2D eigenvalue weighted by Crippen LogP contribution is 2.23. The number of carbonyl (C=O) groups excluding carboxylic acids is 1. The van der Waals surface area contributed by atoms with Crippen LogP contribution in [0.15, 0.2) is 47.1 Å². The Morgan fingerprint density at radius 2 is 1.96 bits per heavy atom. The summed E-state index contributed by atoms with van der Waals surface area (Å²) in [4.78, 5) is 12.2. The maximum atomic E-state index is 12.2. The lowest BCUT2D eigenvalue weighted by atomic mass is 10.2. The zero-order valence-electron chi connectivity index (χ0n) is 14.6. The number of thioether (sulfide) groups is 1. The maximum absolute atomic E-state index is 12.2. The van der Waals surface area contributed by atoms with E-state index in [1.165, 1.54) is 17.3 Å². The van der Waals surface area contributed by atoms with E-state index in [-0.39, 0.29) is 5.91 Å². The van der Waals surface area contributed by atoms with Crippen LogP contribution in [-0.2, 0) is 10.5 Å². The Morgan fingerprint density at radius 1 is 1.20 bits per heavy atom. The smallest absolute Gasteiger partial charge is 0.234 e. The minimum atomic E-state index is -0.0359. The number of amides is 1. The van der Waals surface area contributed by atoms with Crippen molar-refractivity contribution in [1.29, 1.82) is 0 Å². The van der Waals surface area contributed by atoms with Crippen LogP contribution in [-0.4, -0.2) is 21.4 Å². The Labute approximate surface area is 151 Å². The predicted octanol–water partition coefficient (Wildman–Crippen LogP) is 4.26. The van der Waals surface area contributed by atoms with Crippen LogP contribution in [0, 0.1) is 20.8 Å². The molecule has 0 radical (unpaired) electrons. The molecule has 1 N–H and O–H groups in total. The molecule has 2 heterocycles. The van der Waals surface area contributed by atoms with Crippen LogP contribution in [0.25, 0.3) is 5.69 Å². The van der Waals surface area contributed by atoms with E-state index in [1.807, 2.05) is 42.8 Å². The second-order valence-corrected chi connectivity index (χ2v) is 6.90. The molecule has 0 bridgehead atoms. The van der Waals surface area contributed by atoms with Crippen LogP contribution < -0.4 is 5.32 Å². The van der Waals surface area contributed by atoms with Gasteiger partial charge in [0, 0.05) is 0 Å². The summed E-state index contributed by atoms with van der Waals surface area (Å²) in [6, 6.07) is 11.9. The summed E-state index contributed by atoms with van der Waals surface area (Å²) >= 11 is 1.52. The molecule has 2 aromatic heterocycles. The number of furan rings is 1. The van der Waals surface area contributed by atoms with Gasteiger partial charge >= 0.3 is 0 Å². The van der Waals surface area contributed by atoms with Crippen molar-refractivity contribution in [3.05, 3.63) is 65.4 Å². The van der Waals surface area contributed by atoms with Gasteiger partial charge < -0.3 is 9.73 Å². The van der Waals surface area contributed by atoms with Crippen LogP contribution in [0.3, 0.4) is 0 Å². The number of anilines is 1. The lowest BCUT2D eigenvalue weighted by Crippen LogP contribution is -2.15. The third-order valence-corrected chi connectivity index (χ3v) is 4.85. The number of rotatable bonds is 6. The number of aryl methyl sites for hydroxylation is 2. The molecule has 0 unspecified atom stereocenters. The number of nitrogens with one attached hydrogen (secondary N) is 1.